The summed E-state index contributed by atoms with van der Waals surface area (Å²) < 4.78 is 24.5. The molecule has 0 unspecified atom stereocenters. The van der Waals surface area contributed by atoms with E-state index in [4.69, 9.17) is 0 Å². The van der Waals surface area contributed by atoms with Crippen molar-refractivity contribution in [3.05, 3.63) is 0 Å². The van der Waals surface area contributed by atoms with Gasteiger partial charge in [0, 0.05) is 13.1 Å². The van der Waals surface area contributed by atoms with Crippen LogP contribution in [0.25, 0.3) is 0 Å². The van der Waals surface area contributed by atoms with E-state index < -0.39 is 10.0 Å². The monoisotopic (exact) mass is 232 g/mol. The predicted molar refractivity (Wildman–Crippen MR) is 60.2 cm³/mol. The highest BCUT2D eigenvalue weighted by Gasteiger charge is 2.42. The van der Waals surface area contributed by atoms with Crippen LogP contribution in [0.1, 0.15) is 19.3 Å². The second-order valence-electron chi connectivity index (χ2n) is 5.15. The Labute approximate surface area is 92.3 Å². The van der Waals surface area contributed by atoms with Crippen molar-refractivity contribution in [1.82, 2.24) is 9.21 Å². The largest absolute Gasteiger partial charge is 0.306 e. The molecule has 0 aromatic rings. The molecule has 0 saturated carbocycles. The van der Waals surface area contributed by atoms with Gasteiger partial charge in [0.25, 0.3) is 0 Å². The molecule has 0 aromatic heterocycles. The van der Waals surface area contributed by atoms with Crippen LogP contribution >= 0.6 is 0 Å². The predicted octanol–water partition coefficient (Wildman–Crippen LogP) is 0.364. The molecule has 4 nitrogen and oxygen atoms in total. The third-order valence-corrected chi connectivity index (χ3v) is 5.17. The lowest BCUT2D eigenvalue weighted by molar-refractivity contribution is 0.135. The molecule has 2 fully saturated rings. The number of hydrogen-bond donors (Lipinski definition) is 0. The third-order valence-electron chi connectivity index (χ3n) is 3.92. The maximum atomic E-state index is 11.4. The molecule has 0 atom stereocenters. The zero-order valence-corrected chi connectivity index (χ0v) is 10.4. The lowest BCUT2D eigenvalue weighted by Crippen LogP contribution is -2.40. The summed E-state index contributed by atoms with van der Waals surface area (Å²) in [5.41, 5.74) is 0.287. The van der Waals surface area contributed by atoms with Crippen LogP contribution in [0.2, 0.25) is 0 Å². The minimum atomic E-state index is -2.97. The summed E-state index contributed by atoms with van der Waals surface area (Å²) in [7, 11) is -0.837. The van der Waals surface area contributed by atoms with Gasteiger partial charge in [0.15, 0.2) is 0 Å². The molecule has 0 N–H and O–H groups in total. The summed E-state index contributed by atoms with van der Waals surface area (Å²) in [6.07, 6.45) is 4.67. The van der Waals surface area contributed by atoms with E-state index in [-0.39, 0.29) is 5.41 Å². The zero-order valence-electron chi connectivity index (χ0n) is 9.57. The molecule has 0 aliphatic carbocycles. The van der Waals surface area contributed by atoms with Crippen molar-refractivity contribution in [1.29, 1.82) is 0 Å². The van der Waals surface area contributed by atoms with Crippen LogP contribution in [0.4, 0.5) is 0 Å². The first-order valence-corrected chi connectivity index (χ1v) is 7.40. The van der Waals surface area contributed by atoms with Crippen molar-refractivity contribution in [2.75, 3.05) is 39.5 Å². The van der Waals surface area contributed by atoms with Gasteiger partial charge in [0.2, 0.25) is 10.0 Å². The molecular weight excluding hydrogens is 212 g/mol. The minimum Gasteiger partial charge on any atom is -0.306 e. The van der Waals surface area contributed by atoms with Crippen LogP contribution in [0.5, 0.6) is 0 Å². The van der Waals surface area contributed by atoms with E-state index in [9.17, 15) is 8.42 Å². The smallest absolute Gasteiger partial charge is 0.211 e. The SMILES string of the molecule is CN1CCC2(CC1)CCN(S(C)(=O)=O)C2. The second-order valence-corrected chi connectivity index (χ2v) is 7.13. The maximum absolute atomic E-state index is 11.4. The van der Waals surface area contributed by atoms with Gasteiger partial charge in [0.05, 0.1) is 6.26 Å². The zero-order chi connectivity index (χ0) is 11.1. The highest BCUT2D eigenvalue weighted by molar-refractivity contribution is 7.88. The average molecular weight is 232 g/mol. The molecule has 2 saturated heterocycles. The van der Waals surface area contributed by atoms with Gasteiger partial charge in [-0.15, -0.1) is 0 Å². The van der Waals surface area contributed by atoms with E-state index in [1.165, 1.54) is 6.26 Å². The topological polar surface area (TPSA) is 40.6 Å². The maximum Gasteiger partial charge on any atom is 0.211 e. The van der Waals surface area contributed by atoms with E-state index in [1.807, 2.05) is 0 Å². The number of rotatable bonds is 1. The molecule has 2 aliphatic heterocycles. The van der Waals surface area contributed by atoms with Crippen molar-refractivity contribution in [2.45, 2.75) is 19.3 Å². The van der Waals surface area contributed by atoms with Crippen LogP contribution in [-0.2, 0) is 10.0 Å². The summed E-state index contributed by atoms with van der Waals surface area (Å²) in [4.78, 5) is 2.33. The lowest BCUT2D eigenvalue weighted by Gasteiger charge is -2.37. The van der Waals surface area contributed by atoms with Crippen molar-refractivity contribution in [2.24, 2.45) is 5.41 Å². The molecular formula is C10H20N2O2S. The number of likely N-dealkylation sites (tertiary alicyclic amines) is 1. The Morgan fingerprint density at radius 3 is 2.07 bits per heavy atom. The Bertz CT molecular complexity index is 331. The van der Waals surface area contributed by atoms with Crippen LogP contribution < -0.4 is 0 Å². The second kappa shape index (κ2) is 3.71. The lowest BCUT2D eigenvalue weighted by atomic mass is 9.78. The van der Waals surface area contributed by atoms with Gasteiger partial charge < -0.3 is 4.90 Å². The summed E-state index contributed by atoms with van der Waals surface area (Å²) in [5.74, 6) is 0. The van der Waals surface area contributed by atoms with Gasteiger partial charge in [-0.2, -0.15) is 0 Å². The fourth-order valence-corrected chi connectivity index (χ4v) is 3.61. The summed E-state index contributed by atoms with van der Waals surface area (Å²) in [6.45, 7) is 3.69. The van der Waals surface area contributed by atoms with Gasteiger partial charge in [0.1, 0.15) is 0 Å². The molecule has 15 heavy (non-hydrogen) atoms. The first kappa shape index (κ1) is 11.4. The van der Waals surface area contributed by atoms with Crippen molar-refractivity contribution in [3.8, 4) is 0 Å². The molecule has 2 heterocycles. The van der Waals surface area contributed by atoms with Crippen molar-refractivity contribution in [3.63, 3.8) is 0 Å². The van der Waals surface area contributed by atoms with Crippen molar-refractivity contribution < 1.29 is 8.42 Å². The highest BCUT2D eigenvalue weighted by Crippen LogP contribution is 2.40. The molecule has 0 bridgehead atoms. The Kier molecular flexibility index (Phi) is 2.81. The van der Waals surface area contributed by atoms with Crippen LogP contribution in [-0.4, -0.2) is 57.1 Å². The average Bonchev–Trinajstić information content (AvgIpc) is 2.55. The standard InChI is InChI=1S/C10H20N2O2S/c1-11-6-3-10(4-7-11)5-8-12(9-10)15(2,13)14/h3-9H2,1-2H3. The fraction of sp³-hybridized carbons (Fsp3) is 1.00. The van der Waals surface area contributed by atoms with Gasteiger partial charge in [-0.1, -0.05) is 0 Å². The third kappa shape index (κ3) is 2.34. The fourth-order valence-electron chi connectivity index (χ4n) is 2.68. The Morgan fingerprint density at radius 1 is 1.07 bits per heavy atom. The summed E-state index contributed by atoms with van der Waals surface area (Å²) in [6, 6.07) is 0. The Hall–Kier alpha value is -0.130. The van der Waals surface area contributed by atoms with E-state index in [0.29, 0.717) is 0 Å². The number of piperidine rings is 1. The van der Waals surface area contributed by atoms with E-state index in [0.717, 1.165) is 45.4 Å². The normalized spacial score (nSPS) is 28.7. The molecule has 0 amide bonds. The van der Waals surface area contributed by atoms with Gasteiger partial charge in [-0.25, -0.2) is 12.7 Å². The number of sulfonamides is 1. The molecule has 2 rings (SSSR count). The van der Waals surface area contributed by atoms with Crippen molar-refractivity contribution >= 4 is 10.0 Å². The first-order chi connectivity index (χ1) is 6.91. The molecule has 5 heteroatoms. The number of nitrogens with zero attached hydrogens (tertiary/aromatic N) is 2. The Balaban J connectivity index is 2.03. The van der Waals surface area contributed by atoms with E-state index in [2.05, 4.69) is 11.9 Å². The van der Waals surface area contributed by atoms with E-state index in [1.54, 1.807) is 4.31 Å². The first-order valence-electron chi connectivity index (χ1n) is 5.55. The van der Waals surface area contributed by atoms with Crippen LogP contribution in [0, 0.1) is 5.41 Å². The molecule has 88 valence electrons. The highest BCUT2D eigenvalue weighted by atomic mass is 32.2. The molecule has 0 radical (unpaired) electrons. The summed E-state index contributed by atoms with van der Waals surface area (Å²) in [5, 5.41) is 0. The van der Waals surface area contributed by atoms with Crippen LogP contribution in [0.3, 0.4) is 0 Å². The molecule has 1 spiro atoms. The number of hydrogen-bond acceptors (Lipinski definition) is 3. The quantitative estimate of drug-likeness (QED) is 0.655. The van der Waals surface area contributed by atoms with Gasteiger partial charge >= 0.3 is 0 Å². The molecule has 0 aromatic carbocycles. The van der Waals surface area contributed by atoms with E-state index >= 15 is 0 Å². The van der Waals surface area contributed by atoms with Gasteiger partial charge in [-0.05, 0) is 44.8 Å². The Morgan fingerprint density at radius 2 is 1.60 bits per heavy atom. The summed E-state index contributed by atoms with van der Waals surface area (Å²) >= 11 is 0. The van der Waals surface area contributed by atoms with Crippen LogP contribution in [0.15, 0.2) is 0 Å². The van der Waals surface area contributed by atoms with Gasteiger partial charge in [-0.3, -0.25) is 0 Å². The minimum absolute atomic E-state index is 0.287. The molecule has 2 aliphatic rings.